The lowest BCUT2D eigenvalue weighted by Gasteiger charge is -2.27. The second kappa shape index (κ2) is 6.60. The van der Waals surface area contributed by atoms with Crippen molar-refractivity contribution in [3.05, 3.63) is 47.2 Å². The Morgan fingerprint density at radius 1 is 1.35 bits per heavy atom. The van der Waals surface area contributed by atoms with E-state index in [0.717, 1.165) is 18.4 Å². The first-order valence-corrected chi connectivity index (χ1v) is 7.70. The quantitative estimate of drug-likeness (QED) is 0.674. The third kappa shape index (κ3) is 2.94. The Morgan fingerprint density at radius 3 is 2.87 bits per heavy atom. The molecular formula is C16H19N5O2. The van der Waals surface area contributed by atoms with Crippen LogP contribution < -0.4 is 5.32 Å². The number of nitrogens with zero attached hydrogens (tertiary/aromatic N) is 4. The van der Waals surface area contributed by atoms with Gasteiger partial charge in [-0.2, -0.15) is 4.68 Å². The summed E-state index contributed by atoms with van der Waals surface area (Å²) in [4.78, 5) is 12.6. The van der Waals surface area contributed by atoms with Crippen LogP contribution in [0.4, 0.5) is 5.95 Å². The molecule has 7 nitrogen and oxygen atoms in total. The summed E-state index contributed by atoms with van der Waals surface area (Å²) in [7, 11) is 0. The number of hydrogen-bond donors (Lipinski definition) is 1. The van der Waals surface area contributed by atoms with Crippen LogP contribution in [0.1, 0.15) is 38.3 Å². The molecule has 1 atom stereocenters. The highest BCUT2D eigenvalue weighted by Crippen LogP contribution is 2.34. The fourth-order valence-electron chi connectivity index (χ4n) is 2.61. The van der Waals surface area contributed by atoms with E-state index in [-0.39, 0.29) is 5.97 Å². The first-order chi connectivity index (χ1) is 11.2. The lowest BCUT2D eigenvalue weighted by molar-refractivity contribution is -0.139. The van der Waals surface area contributed by atoms with E-state index < -0.39 is 6.04 Å². The zero-order valence-electron chi connectivity index (χ0n) is 13.2. The fourth-order valence-corrected chi connectivity index (χ4v) is 2.61. The molecule has 0 radical (unpaired) electrons. The molecule has 2 aromatic rings. The van der Waals surface area contributed by atoms with E-state index >= 15 is 0 Å². The van der Waals surface area contributed by atoms with Crippen molar-refractivity contribution in [1.82, 2.24) is 20.2 Å². The fraction of sp³-hybridized carbons (Fsp3) is 0.375. The van der Waals surface area contributed by atoms with Crippen LogP contribution in [-0.2, 0) is 9.53 Å². The maximum Gasteiger partial charge on any atom is 0.338 e. The summed E-state index contributed by atoms with van der Waals surface area (Å²) in [5, 5.41) is 14.8. The smallest absolute Gasteiger partial charge is 0.338 e. The van der Waals surface area contributed by atoms with Crippen LogP contribution >= 0.6 is 0 Å². The molecule has 1 N–H and O–H groups in total. The van der Waals surface area contributed by atoms with Crippen molar-refractivity contribution in [3.63, 3.8) is 0 Å². The molecule has 120 valence electrons. The van der Waals surface area contributed by atoms with E-state index in [4.69, 9.17) is 4.74 Å². The topological polar surface area (TPSA) is 81.9 Å². The Balaban J connectivity index is 1.99. The van der Waals surface area contributed by atoms with Gasteiger partial charge in [-0.05, 0) is 29.3 Å². The van der Waals surface area contributed by atoms with Gasteiger partial charge in [-0.1, -0.05) is 48.8 Å². The van der Waals surface area contributed by atoms with Gasteiger partial charge in [-0.25, -0.2) is 4.79 Å². The van der Waals surface area contributed by atoms with Gasteiger partial charge < -0.3 is 10.1 Å². The minimum atomic E-state index is -0.392. The Kier molecular flexibility index (Phi) is 4.36. The van der Waals surface area contributed by atoms with Gasteiger partial charge in [0.05, 0.1) is 12.2 Å². The average Bonchev–Trinajstić information content (AvgIpc) is 3.02. The average molecular weight is 313 g/mol. The van der Waals surface area contributed by atoms with Gasteiger partial charge in [0.15, 0.2) is 0 Å². The molecule has 0 saturated heterocycles. The van der Waals surface area contributed by atoms with E-state index in [9.17, 15) is 4.79 Å². The molecule has 23 heavy (non-hydrogen) atoms. The molecule has 0 spiro atoms. The van der Waals surface area contributed by atoms with Crippen LogP contribution in [0.25, 0.3) is 0 Å². The molecule has 1 aliphatic heterocycles. The van der Waals surface area contributed by atoms with E-state index in [1.807, 2.05) is 37.3 Å². The summed E-state index contributed by atoms with van der Waals surface area (Å²) < 4.78 is 7.03. The lowest BCUT2D eigenvalue weighted by atomic mass is 9.96. The summed E-state index contributed by atoms with van der Waals surface area (Å²) in [6.07, 6.45) is 1.82. The molecule has 0 aliphatic carbocycles. The summed E-state index contributed by atoms with van der Waals surface area (Å²) in [5.41, 5.74) is 2.18. The summed E-state index contributed by atoms with van der Waals surface area (Å²) >= 11 is 0. The number of carbonyl (C=O) groups excluding carboxylic acids is 1. The number of nitrogens with one attached hydrogen (secondary N) is 1. The van der Waals surface area contributed by atoms with Crippen molar-refractivity contribution in [2.45, 2.75) is 32.7 Å². The van der Waals surface area contributed by atoms with E-state index in [2.05, 4.69) is 27.8 Å². The number of benzene rings is 1. The highest BCUT2D eigenvalue weighted by molar-refractivity contribution is 5.92. The van der Waals surface area contributed by atoms with Crippen molar-refractivity contribution in [2.24, 2.45) is 0 Å². The number of esters is 1. The van der Waals surface area contributed by atoms with Gasteiger partial charge in [0, 0.05) is 5.70 Å². The number of anilines is 1. The van der Waals surface area contributed by atoms with E-state index in [1.165, 1.54) is 0 Å². The first-order valence-electron chi connectivity index (χ1n) is 7.70. The predicted molar refractivity (Wildman–Crippen MR) is 84.6 cm³/mol. The molecule has 1 aliphatic rings. The number of hydrogen-bond acceptors (Lipinski definition) is 6. The summed E-state index contributed by atoms with van der Waals surface area (Å²) in [6.45, 7) is 4.31. The summed E-state index contributed by atoms with van der Waals surface area (Å²) in [5.74, 6) is 0.180. The van der Waals surface area contributed by atoms with Crippen molar-refractivity contribution in [2.75, 3.05) is 11.9 Å². The third-order valence-electron chi connectivity index (χ3n) is 3.78. The molecular weight excluding hydrogens is 294 g/mol. The molecule has 1 aromatic carbocycles. The maximum absolute atomic E-state index is 12.6. The largest absolute Gasteiger partial charge is 0.462 e. The molecule has 2 heterocycles. The van der Waals surface area contributed by atoms with Crippen molar-refractivity contribution in [1.29, 1.82) is 0 Å². The van der Waals surface area contributed by atoms with Crippen LogP contribution in [0, 0.1) is 0 Å². The Hall–Kier alpha value is -2.70. The molecule has 3 rings (SSSR count). The molecule has 7 heteroatoms. The van der Waals surface area contributed by atoms with Crippen LogP contribution in [0.15, 0.2) is 41.6 Å². The number of ether oxygens (including phenoxy) is 1. The molecule has 1 unspecified atom stereocenters. The minimum Gasteiger partial charge on any atom is -0.462 e. The van der Waals surface area contributed by atoms with Crippen LogP contribution in [-0.4, -0.2) is 32.8 Å². The number of tetrazole rings is 1. The third-order valence-corrected chi connectivity index (χ3v) is 3.78. The Labute approximate surface area is 134 Å². The van der Waals surface area contributed by atoms with Gasteiger partial charge in [0.2, 0.25) is 5.95 Å². The van der Waals surface area contributed by atoms with Crippen LogP contribution in [0.3, 0.4) is 0 Å². The zero-order valence-corrected chi connectivity index (χ0v) is 13.2. The highest BCUT2D eigenvalue weighted by Gasteiger charge is 2.34. The van der Waals surface area contributed by atoms with E-state index in [1.54, 1.807) is 4.68 Å². The number of rotatable bonds is 5. The van der Waals surface area contributed by atoms with Crippen molar-refractivity contribution >= 4 is 11.9 Å². The first kappa shape index (κ1) is 15.2. The maximum atomic E-state index is 12.6. The zero-order chi connectivity index (χ0) is 16.2. The predicted octanol–water partition coefficient (Wildman–Crippen LogP) is 2.31. The summed E-state index contributed by atoms with van der Waals surface area (Å²) in [6, 6.07) is 9.30. The van der Waals surface area contributed by atoms with Gasteiger partial charge in [0.1, 0.15) is 6.04 Å². The SMILES string of the molecule is CCCCOC(=O)C1=C(C)Nc2nnnn2C1c1ccccc1. The van der Waals surface area contributed by atoms with Crippen molar-refractivity contribution < 1.29 is 9.53 Å². The molecule has 0 bridgehead atoms. The molecule has 0 amide bonds. The molecule has 0 fully saturated rings. The van der Waals surface area contributed by atoms with E-state index in [0.29, 0.717) is 23.8 Å². The normalized spacial score (nSPS) is 16.7. The van der Waals surface area contributed by atoms with Gasteiger partial charge >= 0.3 is 5.97 Å². The van der Waals surface area contributed by atoms with Crippen molar-refractivity contribution in [3.8, 4) is 0 Å². The number of carbonyl (C=O) groups is 1. The van der Waals surface area contributed by atoms with Gasteiger partial charge in [-0.15, -0.1) is 0 Å². The molecule has 0 saturated carbocycles. The van der Waals surface area contributed by atoms with Crippen LogP contribution in [0.5, 0.6) is 0 Å². The second-order valence-electron chi connectivity index (χ2n) is 5.41. The monoisotopic (exact) mass is 313 g/mol. The molecule has 1 aromatic heterocycles. The Morgan fingerprint density at radius 2 is 2.13 bits per heavy atom. The number of fused-ring (bicyclic) bond motifs is 1. The number of unbranched alkanes of at least 4 members (excludes halogenated alkanes) is 1. The second-order valence-corrected chi connectivity index (χ2v) is 5.41. The Bertz CT molecular complexity index is 723. The minimum absolute atomic E-state index is 0.335. The van der Waals surface area contributed by atoms with Gasteiger partial charge in [0.25, 0.3) is 0 Å². The standard InChI is InChI=1S/C16H19N5O2/c1-3-4-10-23-15(22)13-11(2)17-16-18-19-20-21(16)14(13)12-8-6-5-7-9-12/h5-9,14H,3-4,10H2,1-2H3,(H,17,18,20). The number of allylic oxidation sites excluding steroid dienone is 1. The highest BCUT2D eigenvalue weighted by atomic mass is 16.5. The number of aromatic nitrogens is 4. The van der Waals surface area contributed by atoms with Crippen LogP contribution in [0.2, 0.25) is 0 Å². The van der Waals surface area contributed by atoms with Gasteiger partial charge in [-0.3, -0.25) is 0 Å². The lowest BCUT2D eigenvalue weighted by Crippen LogP contribution is -2.29.